The lowest BCUT2D eigenvalue weighted by atomic mass is 9.92. The minimum Gasteiger partial charge on any atom is -0.386 e. The number of nitrogens with zero attached hydrogens (tertiary/aromatic N) is 4. The number of aromatic nitrogens is 3. The van der Waals surface area contributed by atoms with Crippen LogP contribution in [0.25, 0.3) is 22.2 Å². The molecular formula is C23H29Cl2F2N5O3S. The summed E-state index contributed by atoms with van der Waals surface area (Å²) in [6.45, 7) is 5.63. The Kier molecular flexibility index (Phi) is 9.23. The number of rotatable bonds is 5. The zero-order valence-electron chi connectivity index (χ0n) is 20.2. The Morgan fingerprint density at radius 2 is 1.72 bits per heavy atom. The molecule has 1 fully saturated rings. The van der Waals surface area contributed by atoms with E-state index in [-0.39, 0.29) is 53.6 Å². The average Bonchev–Trinajstić information content (AvgIpc) is 2.74. The van der Waals surface area contributed by atoms with Crippen LogP contribution in [-0.4, -0.2) is 58.2 Å². The standard InChI is InChI=1S/C23H27F2N5O3S.2ClH/c1-13-9-17(23(2,3)31)16-10-14(11-18(24)21(16)27-13)20-19(25)12-26-22(29-20)28-15-5-7-30(8-6-15)34(4,32)33;;/h9-12,15,31H,5-8H2,1-4H3,(H,26,28,29);2*1H. The van der Waals surface area contributed by atoms with E-state index in [1.54, 1.807) is 32.9 Å². The fourth-order valence-corrected chi connectivity index (χ4v) is 5.08. The van der Waals surface area contributed by atoms with E-state index in [4.69, 9.17) is 0 Å². The van der Waals surface area contributed by atoms with E-state index in [2.05, 4.69) is 20.3 Å². The summed E-state index contributed by atoms with van der Waals surface area (Å²) >= 11 is 0. The maximum Gasteiger partial charge on any atom is 0.223 e. The van der Waals surface area contributed by atoms with E-state index in [0.717, 1.165) is 6.20 Å². The maximum atomic E-state index is 15.0. The maximum absolute atomic E-state index is 15.0. The second kappa shape index (κ2) is 11.1. The summed E-state index contributed by atoms with van der Waals surface area (Å²) in [7, 11) is -3.24. The van der Waals surface area contributed by atoms with Gasteiger partial charge in [-0.25, -0.2) is 31.5 Å². The zero-order chi connectivity index (χ0) is 24.8. The van der Waals surface area contributed by atoms with Gasteiger partial charge in [0.15, 0.2) is 5.82 Å². The molecule has 198 valence electrons. The van der Waals surface area contributed by atoms with Crippen molar-refractivity contribution < 1.29 is 22.3 Å². The lowest BCUT2D eigenvalue weighted by Crippen LogP contribution is -2.42. The second-order valence-electron chi connectivity index (χ2n) is 9.20. The molecule has 8 nitrogen and oxygen atoms in total. The van der Waals surface area contributed by atoms with Crippen molar-refractivity contribution in [3.05, 3.63) is 47.3 Å². The number of fused-ring (bicyclic) bond motifs is 1. The van der Waals surface area contributed by atoms with E-state index in [9.17, 15) is 17.9 Å². The van der Waals surface area contributed by atoms with Gasteiger partial charge in [-0.15, -0.1) is 24.8 Å². The Bertz CT molecular complexity index is 1360. The summed E-state index contributed by atoms with van der Waals surface area (Å²) in [6, 6.07) is 4.33. The van der Waals surface area contributed by atoms with E-state index in [0.29, 0.717) is 42.6 Å². The number of anilines is 1. The van der Waals surface area contributed by atoms with Crippen LogP contribution in [0, 0.1) is 18.6 Å². The van der Waals surface area contributed by atoms with Gasteiger partial charge in [-0.05, 0) is 57.4 Å². The highest BCUT2D eigenvalue weighted by Gasteiger charge is 2.26. The Morgan fingerprint density at radius 1 is 1.08 bits per heavy atom. The predicted molar refractivity (Wildman–Crippen MR) is 140 cm³/mol. The first-order chi connectivity index (χ1) is 15.8. The number of nitrogens with one attached hydrogen (secondary N) is 1. The molecule has 36 heavy (non-hydrogen) atoms. The molecule has 1 saturated heterocycles. The molecule has 1 aliphatic heterocycles. The molecular weight excluding hydrogens is 535 g/mol. The molecule has 0 unspecified atom stereocenters. The number of halogens is 4. The summed E-state index contributed by atoms with van der Waals surface area (Å²) in [5.74, 6) is -1.21. The normalized spacial score (nSPS) is 15.3. The van der Waals surface area contributed by atoms with Crippen molar-refractivity contribution in [1.29, 1.82) is 0 Å². The topological polar surface area (TPSA) is 108 Å². The van der Waals surface area contributed by atoms with Gasteiger partial charge in [-0.1, -0.05) is 0 Å². The summed E-state index contributed by atoms with van der Waals surface area (Å²) in [6.07, 6.45) is 3.29. The predicted octanol–water partition coefficient (Wildman–Crippen LogP) is 4.19. The molecule has 0 atom stereocenters. The Labute approximate surface area is 221 Å². The molecule has 13 heteroatoms. The first kappa shape index (κ1) is 30.0. The molecule has 2 aromatic heterocycles. The highest BCUT2D eigenvalue weighted by Crippen LogP contribution is 2.34. The van der Waals surface area contributed by atoms with Gasteiger partial charge < -0.3 is 10.4 Å². The van der Waals surface area contributed by atoms with Crippen LogP contribution in [0.2, 0.25) is 0 Å². The summed E-state index contributed by atoms with van der Waals surface area (Å²) in [4.78, 5) is 12.5. The smallest absolute Gasteiger partial charge is 0.223 e. The van der Waals surface area contributed by atoms with Crippen molar-refractivity contribution in [2.45, 2.75) is 45.3 Å². The van der Waals surface area contributed by atoms with Crippen LogP contribution in [0.3, 0.4) is 0 Å². The molecule has 0 bridgehead atoms. The van der Waals surface area contributed by atoms with Crippen molar-refractivity contribution in [2.24, 2.45) is 0 Å². The second-order valence-corrected chi connectivity index (χ2v) is 11.2. The molecule has 0 spiro atoms. The fourth-order valence-electron chi connectivity index (χ4n) is 4.21. The minimum absolute atomic E-state index is 0. The van der Waals surface area contributed by atoms with Gasteiger partial charge in [0.05, 0.1) is 18.1 Å². The Hall–Kier alpha value is -2.18. The van der Waals surface area contributed by atoms with Crippen LogP contribution in [0.5, 0.6) is 0 Å². The van der Waals surface area contributed by atoms with Crippen LogP contribution >= 0.6 is 24.8 Å². The van der Waals surface area contributed by atoms with Crippen LogP contribution in [0.1, 0.15) is 37.9 Å². The van der Waals surface area contributed by atoms with Gasteiger partial charge in [0.2, 0.25) is 16.0 Å². The third-order valence-electron chi connectivity index (χ3n) is 5.93. The fraction of sp³-hybridized carbons (Fsp3) is 0.435. The molecule has 1 aromatic carbocycles. The number of aliphatic hydroxyl groups is 1. The van der Waals surface area contributed by atoms with Crippen LogP contribution in [0.4, 0.5) is 14.7 Å². The molecule has 4 rings (SSSR count). The third-order valence-corrected chi connectivity index (χ3v) is 7.23. The number of hydrogen-bond acceptors (Lipinski definition) is 7. The lowest BCUT2D eigenvalue weighted by molar-refractivity contribution is 0.0800. The van der Waals surface area contributed by atoms with Crippen molar-refractivity contribution in [2.75, 3.05) is 24.7 Å². The van der Waals surface area contributed by atoms with Crippen LogP contribution in [0.15, 0.2) is 24.4 Å². The highest BCUT2D eigenvalue weighted by molar-refractivity contribution is 7.88. The number of piperidine rings is 1. The molecule has 0 radical (unpaired) electrons. The van der Waals surface area contributed by atoms with E-state index in [1.807, 2.05) is 0 Å². The van der Waals surface area contributed by atoms with Crippen molar-refractivity contribution in [1.82, 2.24) is 19.3 Å². The van der Waals surface area contributed by atoms with Gasteiger partial charge in [0.25, 0.3) is 0 Å². The molecule has 0 saturated carbocycles. The SMILES string of the molecule is Cc1cc(C(C)(C)O)c2cc(-c3nc(NC4CCN(S(C)(=O)=O)CC4)ncc3F)cc(F)c2n1.Cl.Cl. The third kappa shape index (κ3) is 6.38. The number of hydrogen-bond donors (Lipinski definition) is 2. The van der Waals surface area contributed by atoms with E-state index in [1.165, 1.54) is 16.6 Å². The molecule has 0 aliphatic carbocycles. The van der Waals surface area contributed by atoms with Crippen LogP contribution < -0.4 is 5.32 Å². The zero-order valence-corrected chi connectivity index (χ0v) is 22.7. The Morgan fingerprint density at radius 3 is 2.31 bits per heavy atom. The summed E-state index contributed by atoms with van der Waals surface area (Å²) in [5, 5.41) is 14.1. The molecule has 1 aliphatic rings. The van der Waals surface area contributed by atoms with Crippen molar-refractivity contribution in [3.8, 4) is 11.3 Å². The summed E-state index contributed by atoms with van der Waals surface area (Å²) in [5.41, 5.74) is -0.0510. The van der Waals surface area contributed by atoms with Gasteiger partial charge in [-0.2, -0.15) is 0 Å². The van der Waals surface area contributed by atoms with Crippen LogP contribution in [-0.2, 0) is 15.6 Å². The number of benzene rings is 1. The van der Waals surface area contributed by atoms with E-state index >= 15 is 4.39 Å². The molecule has 3 heterocycles. The minimum atomic E-state index is -3.24. The van der Waals surface area contributed by atoms with Gasteiger partial charge in [-0.3, -0.25) is 4.98 Å². The number of pyridine rings is 1. The Balaban J connectivity index is 0.00000228. The van der Waals surface area contributed by atoms with Gasteiger partial charge in [0, 0.05) is 35.8 Å². The molecule has 3 aromatic rings. The average molecular weight is 564 g/mol. The van der Waals surface area contributed by atoms with E-state index < -0.39 is 27.3 Å². The quantitative estimate of drug-likeness (QED) is 0.479. The summed E-state index contributed by atoms with van der Waals surface area (Å²) < 4.78 is 54.6. The van der Waals surface area contributed by atoms with Gasteiger partial charge in [0.1, 0.15) is 17.0 Å². The highest BCUT2D eigenvalue weighted by atomic mass is 35.5. The molecule has 2 N–H and O–H groups in total. The largest absolute Gasteiger partial charge is 0.386 e. The number of aryl methyl sites for hydroxylation is 1. The first-order valence-corrected chi connectivity index (χ1v) is 12.8. The van der Waals surface area contributed by atoms with Crippen molar-refractivity contribution >= 4 is 51.7 Å². The first-order valence-electron chi connectivity index (χ1n) is 10.9. The number of sulfonamides is 1. The van der Waals surface area contributed by atoms with Gasteiger partial charge >= 0.3 is 0 Å². The monoisotopic (exact) mass is 563 g/mol. The lowest BCUT2D eigenvalue weighted by Gasteiger charge is -2.30. The molecule has 0 amide bonds. The van der Waals surface area contributed by atoms with Crippen molar-refractivity contribution in [3.63, 3.8) is 0 Å².